The van der Waals surface area contributed by atoms with E-state index in [1.807, 2.05) is 0 Å². The molecule has 0 saturated heterocycles. The Bertz CT molecular complexity index is 1680. The highest BCUT2D eigenvalue weighted by molar-refractivity contribution is 6.20. The van der Waals surface area contributed by atoms with Crippen molar-refractivity contribution in [2.24, 2.45) is 7.05 Å². The van der Waals surface area contributed by atoms with Crippen molar-refractivity contribution in [1.82, 2.24) is 0 Å². The van der Waals surface area contributed by atoms with E-state index in [2.05, 4.69) is 119 Å². The van der Waals surface area contributed by atoms with Gasteiger partial charge >= 0.3 is 0 Å². The predicted molar refractivity (Wildman–Crippen MR) is 127 cm³/mol. The summed E-state index contributed by atoms with van der Waals surface area (Å²) in [6.45, 7) is 0. The molecule has 4 heterocycles. The van der Waals surface area contributed by atoms with Crippen LogP contribution in [0.5, 0.6) is 0 Å². The number of aryl methyl sites for hydroxylation is 1. The van der Waals surface area contributed by atoms with Crippen molar-refractivity contribution in [1.29, 1.82) is 0 Å². The number of nitrogens with zero attached hydrogens (tertiary/aromatic N) is 2. The summed E-state index contributed by atoms with van der Waals surface area (Å²) in [4.78, 5) is 0. The summed E-state index contributed by atoms with van der Waals surface area (Å²) >= 11 is 0. The minimum Gasteiger partial charge on any atom is -0.206 e. The van der Waals surface area contributed by atoms with Crippen LogP contribution in [0.1, 0.15) is 0 Å². The zero-order chi connectivity index (χ0) is 20.5. The second kappa shape index (κ2) is 5.99. The number of benzene rings is 3. The number of rotatable bonds is 1. The van der Waals surface area contributed by atoms with E-state index in [0.29, 0.717) is 0 Å². The SMILES string of the molecule is C[n+]1cc2c3ccccc3c3cc(-c4ccccc4)cc4c5ccccc5c(c1)c2[n+]34. The Morgan fingerprint density at radius 2 is 0.968 bits per heavy atom. The molecule has 7 aromatic rings. The fraction of sp³-hybridized carbons (Fsp3) is 0.0345. The Balaban J connectivity index is 1.86. The molecule has 0 saturated carbocycles. The normalized spacial score (nSPS) is 12.0. The van der Waals surface area contributed by atoms with Crippen LogP contribution in [-0.2, 0) is 7.05 Å². The van der Waals surface area contributed by atoms with Gasteiger partial charge < -0.3 is 0 Å². The van der Waals surface area contributed by atoms with Crippen molar-refractivity contribution in [2.75, 3.05) is 0 Å². The zero-order valence-electron chi connectivity index (χ0n) is 17.2. The lowest BCUT2D eigenvalue weighted by Gasteiger charge is -2.12. The number of aromatic nitrogens is 2. The summed E-state index contributed by atoms with van der Waals surface area (Å²) < 4.78 is 4.67. The van der Waals surface area contributed by atoms with Crippen LogP contribution >= 0.6 is 0 Å². The highest BCUT2D eigenvalue weighted by Crippen LogP contribution is 2.35. The van der Waals surface area contributed by atoms with Gasteiger partial charge in [0.05, 0.1) is 10.8 Å². The third kappa shape index (κ3) is 2.22. The molecular formula is C29H20N2+2. The van der Waals surface area contributed by atoms with Crippen molar-refractivity contribution in [3.05, 3.63) is 103 Å². The van der Waals surface area contributed by atoms with Gasteiger partial charge in [0.15, 0.2) is 12.4 Å². The second-order valence-electron chi connectivity index (χ2n) is 8.41. The number of hydrogen-bond acceptors (Lipinski definition) is 0. The van der Waals surface area contributed by atoms with Gasteiger partial charge in [-0.3, -0.25) is 0 Å². The van der Waals surface area contributed by atoms with E-state index in [1.54, 1.807) is 0 Å². The average Bonchev–Trinajstić information content (AvgIpc) is 2.83. The Kier molecular flexibility index (Phi) is 3.23. The van der Waals surface area contributed by atoms with Crippen molar-refractivity contribution < 1.29 is 8.97 Å². The number of hydrogen-bond donors (Lipinski definition) is 0. The minimum absolute atomic E-state index is 1.24. The molecular weight excluding hydrogens is 376 g/mol. The second-order valence-corrected chi connectivity index (χ2v) is 8.41. The Morgan fingerprint density at radius 1 is 0.484 bits per heavy atom. The van der Waals surface area contributed by atoms with E-state index in [-0.39, 0.29) is 0 Å². The molecule has 0 aliphatic heterocycles. The molecule has 31 heavy (non-hydrogen) atoms. The van der Waals surface area contributed by atoms with Crippen LogP contribution < -0.4 is 8.97 Å². The maximum absolute atomic E-state index is 2.47. The maximum Gasteiger partial charge on any atom is 0.239 e. The molecule has 3 aromatic carbocycles. The summed E-state index contributed by atoms with van der Waals surface area (Å²) in [5.41, 5.74) is 6.29. The lowest BCUT2D eigenvalue weighted by molar-refractivity contribution is -0.669. The predicted octanol–water partition coefficient (Wildman–Crippen LogP) is 5.97. The molecule has 0 spiro atoms. The first-order valence-corrected chi connectivity index (χ1v) is 10.7. The first-order chi connectivity index (χ1) is 15.3. The largest absolute Gasteiger partial charge is 0.239 e. The molecule has 0 fully saturated rings. The molecule has 0 aliphatic carbocycles. The standard InChI is InChI=1S/C29H20N2/c1-30-17-25-21-11-5-7-13-23(21)27-15-20(19-9-3-2-4-10-19)16-28-24-14-8-6-12-22(24)26(18-30)29(25)31(27)28/h2-18H,1H3/q+2. The highest BCUT2D eigenvalue weighted by atomic mass is 14.9. The molecule has 4 aromatic heterocycles. The Morgan fingerprint density at radius 3 is 1.52 bits per heavy atom. The van der Waals surface area contributed by atoms with E-state index >= 15 is 0 Å². The Labute approximate surface area is 179 Å². The molecule has 0 bridgehead atoms. The summed E-state index contributed by atoms with van der Waals surface area (Å²) in [7, 11) is 2.12. The topological polar surface area (TPSA) is 7.98 Å². The third-order valence-electron chi connectivity index (χ3n) is 6.56. The van der Waals surface area contributed by atoms with Crippen molar-refractivity contribution in [3.63, 3.8) is 0 Å². The monoisotopic (exact) mass is 396 g/mol. The Hall–Kier alpha value is -4.04. The average molecular weight is 396 g/mol. The van der Waals surface area contributed by atoms with Gasteiger partial charge in [0.2, 0.25) is 16.6 Å². The fourth-order valence-corrected chi connectivity index (χ4v) is 5.26. The van der Waals surface area contributed by atoms with Crippen LogP contribution in [0.15, 0.2) is 103 Å². The van der Waals surface area contributed by atoms with Gasteiger partial charge in [-0.15, -0.1) is 0 Å². The maximum atomic E-state index is 2.47. The van der Waals surface area contributed by atoms with Gasteiger partial charge in [-0.25, -0.2) is 4.57 Å². The van der Waals surface area contributed by atoms with Crippen molar-refractivity contribution in [3.8, 4) is 11.1 Å². The number of pyridine rings is 4. The van der Waals surface area contributed by atoms with E-state index in [9.17, 15) is 0 Å². The van der Waals surface area contributed by atoms with Crippen LogP contribution in [0.25, 0.3) is 60.0 Å². The van der Waals surface area contributed by atoms with Crippen LogP contribution in [0, 0.1) is 0 Å². The first-order valence-electron chi connectivity index (χ1n) is 10.7. The molecule has 144 valence electrons. The van der Waals surface area contributed by atoms with Crippen molar-refractivity contribution in [2.45, 2.75) is 0 Å². The summed E-state index contributed by atoms with van der Waals surface area (Å²) in [6, 6.07) is 33.0. The van der Waals surface area contributed by atoms with Crippen LogP contribution in [0.3, 0.4) is 0 Å². The molecule has 7 rings (SSSR count). The first kappa shape index (κ1) is 16.7. The van der Waals surface area contributed by atoms with Crippen LogP contribution in [0.4, 0.5) is 0 Å². The fourth-order valence-electron chi connectivity index (χ4n) is 5.26. The highest BCUT2D eigenvalue weighted by Gasteiger charge is 2.27. The number of fused-ring (bicyclic) bond motifs is 6. The van der Waals surface area contributed by atoms with Gasteiger partial charge in [0, 0.05) is 22.9 Å². The molecule has 0 aliphatic rings. The zero-order valence-corrected chi connectivity index (χ0v) is 17.2. The molecule has 2 nitrogen and oxygen atoms in total. The summed E-state index contributed by atoms with van der Waals surface area (Å²) in [5.74, 6) is 0. The molecule has 0 atom stereocenters. The molecule has 0 unspecified atom stereocenters. The molecule has 0 N–H and O–H groups in total. The van der Waals surface area contributed by atoms with Gasteiger partial charge in [0.1, 0.15) is 17.8 Å². The summed E-state index contributed by atoms with van der Waals surface area (Å²) in [6.07, 6.45) is 4.52. The van der Waals surface area contributed by atoms with Crippen molar-refractivity contribution >= 4 is 48.9 Å². The van der Waals surface area contributed by atoms with Gasteiger partial charge in [-0.05, 0) is 23.3 Å². The van der Waals surface area contributed by atoms with Gasteiger partial charge in [-0.2, -0.15) is 4.40 Å². The van der Waals surface area contributed by atoms with E-state index < -0.39 is 0 Å². The van der Waals surface area contributed by atoms with Crippen LogP contribution in [0.2, 0.25) is 0 Å². The minimum atomic E-state index is 1.24. The summed E-state index contributed by atoms with van der Waals surface area (Å²) in [5, 5.41) is 7.74. The third-order valence-corrected chi connectivity index (χ3v) is 6.56. The lowest BCUT2D eigenvalue weighted by Crippen LogP contribution is -2.32. The molecule has 0 amide bonds. The van der Waals surface area contributed by atoms with Crippen LogP contribution in [-0.4, -0.2) is 0 Å². The molecule has 2 heteroatoms. The smallest absolute Gasteiger partial charge is 0.206 e. The van der Waals surface area contributed by atoms with Gasteiger partial charge in [-0.1, -0.05) is 66.7 Å². The van der Waals surface area contributed by atoms with Gasteiger partial charge in [0.25, 0.3) is 0 Å². The molecule has 0 radical (unpaired) electrons. The van der Waals surface area contributed by atoms with E-state index in [0.717, 1.165) is 0 Å². The lowest BCUT2D eigenvalue weighted by atomic mass is 9.96. The van der Waals surface area contributed by atoms with E-state index in [1.165, 1.54) is 60.0 Å². The van der Waals surface area contributed by atoms with E-state index in [4.69, 9.17) is 0 Å². The quantitative estimate of drug-likeness (QED) is 0.184.